The maximum absolute atomic E-state index is 13.1. The number of nitrogens with one attached hydrogen (secondary N) is 1. The first-order chi connectivity index (χ1) is 23.9. The lowest BCUT2D eigenvalue weighted by atomic mass is 9.79. The number of nitrogens with zero attached hydrogens (tertiary/aromatic N) is 2. The molecule has 0 radical (unpaired) electrons. The van der Waals surface area contributed by atoms with Crippen LogP contribution in [0.15, 0.2) is 101 Å². The summed E-state index contributed by atoms with van der Waals surface area (Å²) >= 11 is 12.5. The summed E-state index contributed by atoms with van der Waals surface area (Å²) in [7, 11) is -0.136. The molecular weight excluding hydrogens is 696 g/mol. The number of benzene rings is 3. The number of hydrogen-bond acceptors (Lipinski definition) is 7. The number of alkyl halides is 2. The number of methoxy groups -OCH3 is 1. The van der Waals surface area contributed by atoms with Crippen LogP contribution in [0.1, 0.15) is 75.3 Å². The lowest BCUT2D eigenvalue weighted by molar-refractivity contribution is -0.118. The van der Waals surface area contributed by atoms with Crippen molar-refractivity contribution in [1.82, 2.24) is 14.2 Å². The molecule has 1 aromatic heterocycles. The first-order valence-corrected chi connectivity index (χ1v) is 18.9. The van der Waals surface area contributed by atoms with Crippen molar-refractivity contribution >= 4 is 31.7 Å². The van der Waals surface area contributed by atoms with Gasteiger partial charge in [-0.3, -0.25) is 18.9 Å². The van der Waals surface area contributed by atoms with Crippen molar-refractivity contribution in [3.8, 4) is 5.75 Å². The van der Waals surface area contributed by atoms with E-state index in [-0.39, 0.29) is 18.1 Å². The van der Waals surface area contributed by atoms with Crippen LogP contribution in [0.4, 0.5) is 0 Å². The molecule has 268 valence electrons. The van der Waals surface area contributed by atoms with Crippen LogP contribution in [0, 0.1) is 6.92 Å². The Morgan fingerprint density at radius 2 is 1.40 bits per heavy atom. The maximum Gasteiger partial charge on any atom is 0.328 e. The van der Waals surface area contributed by atoms with Crippen molar-refractivity contribution in [1.29, 1.82) is 0 Å². The second-order valence-corrected chi connectivity index (χ2v) is 15.4. The summed E-state index contributed by atoms with van der Waals surface area (Å²) in [6.45, 7) is 9.97. The van der Waals surface area contributed by atoms with E-state index in [4.69, 9.17) is 41.7 Å². The van der Waals surface area contributed by atoms with E-state index in [1.807, 2.05) is 60.7 Å². The number of aromatic amines is 1. The molecule has 0 aliphatic heterocycles. The Balaban J connectivity index is 1.66. The summed E-state index contributed by atoms with van der Waals surface area (Å²) in [6.07, 6.45) is 2.11. The number of halogens is 2. The minimum Gasteiger partial charge on any atom is -0.497 e. The molecule has 1 fully saturated rings. The highest BCUT2D eigenvalue weighted by Gasteiger charge is 2.46. The normalized spacial score (nSPS) is 19.0. The van der Waals surface area contributed by atoms with Crippen LogP contribution < -0.4 is 16.0 Å². The molecule has 4 atom stereocenters. The quantitative estimate of drug-likeness (QED) is 0.0787. The Labute approximate surface area is 305 Å². The number of H-pyrrole nitrogens is 1. The van der Waals surface area contributed by atoms with E-state index in [9.17, 15) is 9.59 Å². The van der Waals surface area contributed by atoms with Gasteiger partial charge >= 0.3 is 5.69 Å². The molecule has 5 rings (SSSR count). The fourth-order valence-electron chi connectivity index (χ4n) is 6.83. The number of ether oxygens (including phenoxy) is 2. The van der Waals surface area contributed by atoms with Crippen LogP contribution in [0.5, 0.6) is 5.75 Å². The molecule has 50 heavy (non-hydrogen) atoms. The van der Waals surface area contributed by atoms with Gasteiger partial charge in [-0.1, -0.05) is 96.0 Å². The molecule has 0 amide bonds. The molecule has 3 aromatic carbocycles. The topological polar surface area (TPSA) is 95.0 Å². The van der Waals surface area contributed by atoms with Crippen molar-refractivity contribution in [2.24, 2.45) is 0 Å². The number of aryl methyl sites for hydroxylation is 1. The third-order valence-corrected chi connectivity index (χ3v) is 11.6. The largest absolute Gasteiger partial charge is 0.497 e. The molecule has 0 bridgehead atoms. The second-order valence-electron chi connectivity index (χ2n) is 13.1. The molecular formula is C38H46Cl2N3O6P. The van der Waals surface area contributed by atoms with E-state index in [1.165, 1.54) is 0 Å². The van der Waals surface area contributed by atoms with Gasteiger partial charge in [-0.2, -0.15) is 0 Å². The Bertz CT molecular complexity index is 1740. The molecule has 1 unspecified atom stereocenters. The summed E-state index contributed by atoms with van der Waals surface area (Å²) in [4.78, 5) is 27.9. The number of rotatable bonds is 14. The number of hydrogen-bond donors (Lipinski definition) is 1. The van der Waals surface area contributed by atoms with Gasteiger partial charge in [0.05, 0.1) is 19.3 Å². The molecule has 4 aromatic rings. The zero-order valence-corrected chi connectivity index (χ0v) is 31.7. The summed E-state index contributed by atoms with van der Waals surface area (Å²) < 4.78 is 29.9. The maximum atomic E-state index is 13.1. The predicted octanol–water partition coefficient (Wildman–Crippen LogP) is 8.46. The minimum absolute atomic E-state index is 0.0449. The summed E-state index contributed by atoms with van der Waals surface area (Å²) in [6, 6.07) is 28.0. The van der Waals surface area contributed by atoms with E-state index in [2.05, 4.69) is 61.6 Å². The van der Waals surface area contributed by atoms with Gasteiger partial charge in [0.25, 0.3) is 14.1 Å². The van der Waals surface area contributed by atoms with E-state index in [0.29, 0.717) is 24.8 Å². The average Bonchev–Trinajstić information content (AvgIpc) is 3.09. The molecule has 0 spiro atoms. The van der Waals surface area contributed by atoms with Crippen LogP contribution in [0.2, 0.25) is 0 Å². The molecule has 1 aliphatic carbocycles. The molecule has 9 nitrogen and oxygen atoms in total. The van der Waals surface area contributed by atoms with Gasteiger partial charge in [-0.05, 0) is 82.7 Å². The Morgan fingerprint density at radius 1 is 0.840 bits per heavy atom. The van der Waals surface area contributed by atoms with Gasteiger partial charge < -0.3 is 14.0 Å². The standard InChI is InChI=1S/C38H46Cl2N3O6P/c1-25(2)43(26(3)4)50(49-36(39)40)48-34-23-31(42-24-27(5)35(44)41-37(42)45)19-22-33(34)47-38(28-13-9-7-10-14-28,29-15-11-8-12-16-29)30-17-20-32(46-6)21-18-30/h7-18,20-21,24-26,31,33-34,36H,19,22-23H2,1-6H3,(H,41,44,45)/t31-,33-,34+,50?/m0/s1. The van der Waals surface area contributed by atoms with E-state index in [0.717, 1.165) is 22.4 Å². The fraction of sp³-hybridized carbons (Fsp3) is 0.421. The Hall–Kier alpha value is -3.01. The zero-order valence-electron chi connectivity index (χ0n) is 29.3. The second kappa shape index (κ2) is 17.0. The Morgan fingerprint density at radius 3 is 1.92 bits per heavy atom. The predicted molar refractivity (Wildman–Crippen MR) is 200 cm³/mol. The zero-order chi connectivity index (χ0) is 36.0. The van der Waals surface area contributed by atoms with Crippen molar-refractivity contribution in [3.63, 3.8) is 0 Å². The number of aromatic nitrogens is 2. The third-order valence-electron chi connectivity index (χ3n) is 9.07. The van der Waals surface area contributed by atoms with Crippen molar-refractivity contribution in [2.75, 3.05) is 7.11 Å². The summed E-state index contributed by atoms with van der Waals surface area (Å²) in [5.74, 6) is 0.731. The van der Waals surface area contributed by atoms with Crippen LogP contribution >= 0.6 is 31.7 Å². The van der Waals surface area contributed by atoms with Gasteiger partial charge in [0, 0.05) is 29.9 Å². The first-order valence-electron chi connectivity index (χ1n) is 16.9. The van der Waals surface area contributed by atoms with E-state index in [1.54, 1.807) is 24.8 Å². The summed E-state index contributed by atoms with van der Waals surface area (Å²) in [5.41, 5.74) is 1.33. The van der Waals surface area contributed by atoms with Gasteiger partial charge in [-0.15, -0.1) is 0 Å². The molecule has 1 aliphatic rings. The molecule has 0 saturated heterocycles. The van der Waals surface area contributed by atoms with Gasteiger partial charge in [0.2, 0.25) is 5.02 Å². The highest BCUT2D eigenvalue weighted by atomic mass is 35.5. The summed E-state index contributed by atoms with van der Waals surface area (Å²) in [5, 5.41) is -1.13. The van der Waals surface area contributed by atoms with Crippen molar-refractivity contribution in [2.45, 2.75) is 94.8 Å². The monoisotopic (exact) mass is 741 g/mol. The van der Waals surface area contributed by atoms with Crippen molar-refractivity contribution in [3.05, 3.63) is 134 Å². The average molecular weight is 743 g/mol. The smallest absolute Gasteiger partial charge is 0.328 e. The lowest BCUT2D eigenvalue weighted by Gasteiger charge is -2.45. The third kappa shape index (κ3) is 8.54. The van der Waals surface area contributed by atoms with Gasteiger partial charge in [0.1, 0.15) is 11.4 Å². The van der Waals surface area contributed by atoms with Gasteiger partial charge in [0.15, 0.2) is 0 Å². The van der Waals surface area contributed by atoms with E-state index >= 15 is 0 Å². The van der Waals surface area contributed by atoms with Crippen LogP contribution in [-0.4, -0.2) is 50.6 Å². The lowest BCUT2D eigenvalue weighted by Crippen LogP contribution is -2.47. The molecule has 1 saturated carbocycles. The Kier molecular flexibility index (Phi) is 13.0. The first kappa shape index (κ1) is 38.2. The van der Waals surface area contributed by atoms with Crippen LogP contribution in [0.3, 0.4) is 0 Å². The fourth-order valence-corrected chi connectivity index (χ4v) is 8.85. The molecule has 12 heteroatoms. The van der Waals surface area contributed by atoms with Crippen LogP contribution in [-0.2, 0) is 19.4 Å². The minimum atomic E-state index is -1.78. The molecule has 1 N–H and O–H groups in total. The van der Waals surface area contributed by atoms with E-state index < -0.39 is 42.6 Å². The SMILES string of the molecule is COc1ccc(C(O[C@H]2CC[C@H](n3cc(C)c(=O)[nH]c3=O)C[C@H]2OP(OC(Cl)Cl)N(C(C)C)C(C)C)(c2ccccc2)c2ccccc2)cc1. The van der Waals surface area contributed by atoms with Gasteiger partial charge in [-0.25, -0.2) is 9.46 Å². The molecule has 1 heterocycles. The van der Waals surface area contributed by atoms with Crippen molar-refractivity contribution < 1.29 is 18.5 Å². The van der Waals surface area contributed by atoms with Crippen LogP contribution in [0.25, 0.3) is 0 Å². The highest BCUT2D eigenvalue weighted by molar-refractivity contribution is 7.44. The highest BCUT2D eigenvalue weighted by Crippen LogP contribution is 2.53.